The van der Waals surface area contributed by atoms with Gasteiger partial charge in [-0.2, -0.15) is 0 Å². The maximum atomic E-state index is 4.46. The molecule has 1 aliphatic rings. The number of rotatable bonds is 1. The number of hydrogen-bond donors (Lipinski definition) is 0. The Morgan fingerprint density at radius 3 is 2.29 bits per heavy atom. The standard InChI is InChI=1S/C30H20BN3/c1-19-8-6-10-21-20-9-2-4-14-27(20)34(29(19)21)31-24-12-3-5-15-28(24)33-26-16-17-32-18-23(26)22-11-7-13-25(31)30(22)33/h2-18H,1H3. The molecule has 1 aliphatic heterocycles. The smallest absolute Gasteiger partial charge is 0.332 e. The Bertz CT molecular complexity index is 1940. The van der Waals surface area contributed by atoms with Crippen molar-refractivity contribution in [1.82, 2.24) is 14.0 Å². The molecule has 0 N–H and O–H groups in total. The van der Waals surface area contributed by atoms with Gasteiger partial charge in [0.25, 0.3) is 0 Å². The van der Waals surface area contributed by atoms with Crippen LogP contribution in [0.2, 0.25) is 0 Å². The zero-order valence-electron chi connectivity index (χ0n) is 18.7. The van der Waals surface area contributed by atoms with Gasteiger partial charge in [0.15, 0.2) is 0 Å². The van der Waals surface area contributed by atoms with Crippen LogP contribution in [-0.2, 0) is 0 Å². The molecule has 8 rings (SSSR count). The van der Waals surface area contributed by atoms with E-state index in [9.17, 15) is 0 Å². The predicted molar refractivity (Wildman–Crippen MR) is 143 cm³/mol. The SMILES string of the molecule is Cc1cccc2c3ccccc3n(B3c4ccccc4-n4c5ccncc5c5cccc3c54)c12. The molecule has 0 amide bonds. The van der Waals surface area contributed by atoms with Gasteiger partial charge in [-0.25, -0.2) is 0 Å². The van der Waals surface area contributed by atoms with Crippen molar-refractivity contribution >= 4 is 61.4 Å². The maximum Gasteiger partial charge on any atom is 0.332 e. The molecular formula is C30H20BN3. The molecule has 3 nitrogen and oxygen atoms in total. The molecule has 0 atom stereocenters. The van der Waals surface area contributed by atoms with Gasteiger partial charge < -0.3 is 9.05 Å². The monoisotopic (exact) mass is 433 g/mol. The second kappa shape index (κ2) is 6.39. The van der Waals surface area contributed by atoms with Crippen molar-refractivity contribution in [3.63, 3.8) is 0 Å². The first-order valence-corrected chi connectivity index (χ1v) is 11.8. The molecule has 0 saturated heterocycles. The molecule has 4 heteroatoms. The normalized spacial score (nSPS) is 12.8. The molecule has 3 aromatic heterocycles. The second-order valence-corrected chi connectivity index (χ2v) is 9.29. The molecule has 0 unspecified atom stereocenters. The lowest BCUT2D eigenvalue weighted by atomic mass is 9.48. The van der Waals surface area contributed by atoms with Gasteiger partial charge in [0.2, 0.25) is 0 Å². The summed E-state index contributed by atoms with van der Waals surface area (Å²) in [6.45, 7) is 2.31. The Hall–Kier alpha value is -4.31. The highest BCUT2D eigenvalue weighted by atomic mass is 15.0. The summed E-state index contributed by atoms with van der Waals surface area (Å²) in [4.78, 5) is 4.46. The molecule has 4 aromatic carbocycles. The highest BCUT2D eigenvalue weighted by molar-refractivity contribution is 6.88. The third-order valence-corrected chi connectivity index (χ3v) is 7.58. The minimum Gasteiger partial charge on any atom is -0.376 e. The summed E-state index contributed by atoms with van der Waals surface area (Å²) < 4.78 is 5.02. The molecule has 0 fully saturated rings. The molecule has 158 valence electrons. The Balaban J connectivity index is 1.62. The number of nitrogens with zero attached hydrogens (tertiary/aromatic N) is 3. The summed E-state index contributed by atoms with van der Waals surface area (Å²) >= 11 is 0. The Morgan fingerprint density at radius 2 is 1.35 bits per heavy atom. The van der Waals surface area contributed by atoms with Crippen molar-refractivity contribution in [2.75, 3.05) is 0 Å². The van der Waals surface area contributed by atoms with Gasteiger partial charge in [-0.05, 0) is 41.6 Å². The van der Waals surface area contributed by atoms with Crippen molar-refractivity contribution in [3.8, 4) is 5.69 Å². The van der Waals surface area contributed by atoms with Crippen LogP contribution in [0, 0.1) is 6.92 Å². The lowest BCUT2D eigenvalue weighted by Gasteiger charge is -2.28. The number of fused-ring (bicyclic) bond motifs is 8. The van der Waals surface area contributed by atoms with Crippen molar-refractivity contribution in [2.45, 2.75) is 6.92 Å². The van der Waals surface area contributed by atoms with E-state index in [1.807, 2.05) is 12.4 Å². The summed E-state index contributed by atoms with van der Waals surface area (Å²) in [5.41, 5.74) is 10.3. The quantitative estimate of drug-likeness (QED) is 0.311. The molecule has 7 aromatic rings. The van der Waals surface area contributed by atoms with E-state index in [-0.39, 0.29) is 6.85 Å². The minimum atomic E-state index is 0.0770. The highest BCUT2D eigenvalue weighted by Gasteiger charge is 2.35. The van der Waals surface area contributed by atoms with E-state index < -0.39 is 0 Å². The summed E-state index contributed by atoms with van der Waals surface area (Å²) in [5.74, 6) is 0. The van der Waals surface area contributed by atoms with Crippen molar-refractivity contribution < 1.29 is 0 Å². The van der Waals surface area contributed by atoms with Crippen LogP contribution < -0.4 is 10.9 Å². The number of hydrogen-bond acceptors (Lipinski definition) is 1. The van der Waals surface area contributed by atoms with Gasteiger partial charge in [0.1, 0.15) is 0 Å². The number of aryl methyl sites for hydroxylation is 1. The molecule has 0 spiro atoms. The molecule has 34 heavy (non-hydrogen) atoms. The van der Waals surface area contributed by atoms with E-state index in [0.29, 0.717) is 0 Å². The van der Waals surface area contributed by atoms with Crippen molar-refractivity contribution in [2.24, 2.45) is 0 Å². The van der Waals surface area contributed by atoms with Crippen LogP contribution in [0.25, 0.3) is 49.3 Å². The zero-order valence-corrected chi connectivity index (χ0v) is 18.7. The third kappa shape index (κ3) is 2.11. The largest absolute Gasteiger partial charge is 0.376 e. The van der Waals surface area contributed by atoms with Gasteiger partial charge in [-0.3, -0.25) is 4.98 Å². The van der Waals surface area contributed by atoms with Crippen LogP contribution >= 0.6 is 0 Å². The fourth-order valence-electron chi connectivity index (χ4n) is 6.27. The molecule has 0 bridgehead atoms. The first-order valence-electron chi connectivity index (χ1n) is 11.8. The molecule has 0 radical (unpaired) electrons. The average Bonchev–Trinajstić information content (AvgIpc) is 3.40. The van der Waals surface area contributed by atoms with E-state index in [0.717, 1.165) is 0 Å². The van der Waals surface area contributed by atoms with E-state index in [4.69, 9.17) is 0 Å². The lowest BCUT2D eigenvalue weighted by molar-refractivity contribution is 1.17. The van der Waals surface area contributed by atoms with E-state index in [2.05, 4.69) is 112 Å². The average molecular weight is 433 g/mol. The van der Waals surface area contributed by atoms with Crippen molar-refractivity contribution in [3.05, 3.63) is 109 Å². The van der Waals surface area contributed by atoms with E-state index in [1.165, 1.54) is 65.8 Å². The summed E-state index contributed by atoms with van der Waals surface area (Å²) in [5, 5.41) is 5.09. The molecule has 0 saturated carbocycles. The van der Waals surface area contributed by atoms with Crippen LogP contribution in [0.4, 0.5) is 0 Å². The summed E-state index contributed by atoms with van der Waals surface area (Å²) in [6.07, 6.45) is 3.90. The van der Waals surface area contributed by atoms with Gasteiger partial charge in [0.05, 0.1) is 11.0 Å². The summed E-state index contributed by atoms with van der Waals surface area (Å²) in [7, 11) is 0. The van der Waals surface area contributed by atoms with Crippen LogP contribution in [-0.4, -0.2) is 20.9 Å². The molecule has 4 heterocycles. The van der Waals surface area contributed by atoms with Gasteiger partial charge >= 0.3 is 6.85 Å². The first kappa shape index (κ1) is 18.2. The zero-order chi connectivity index (χ0) is 22.4. The minimum absolute atomic E-state index is 0.0770. The van der Waals surface area contributed by atoms with Crippen LogP contribution in [0.5, 0.6) is 0 Å². The number of aromatic nitrogens is 3. The fraction of sp³-hybridized carbons (Fsp3) is 0.0333. The Kier molecular flexibility index (Phi) is 3.41. The molecule has 0 aliphatic carbocycles. The van der Waals surface area contributed by atoms with Crippen LogP contribution in [0.1, 0.15) is 5.56 Å². The topological polar surface area (TPSA) is 22.8 Å². The number of para-hydroxylation sites is 4. The second-order valence-electron chi connectivity index (χ2n) is 9.29. The lowest BCUT2D eigenvalue weighted by Crippen LogP contribution is -2.53. The highest BCUT2D eigenvalue weighted by Crippen LogP contribution is 2.36. The summed E-state index contributed by atoms with van der Waals surface area (Å²) in [6, 6.07) is 33.3. The van der Waals surface area contributed by atoms with Crippen LogP contribution in [0.3, 0.4) is 0 Å². The number of benzene rings is 4. The van der Waals surface area contributed by atoms with E-state index >= 15 is 0 Å². The van der Waals surface area contributed by atoms with Gasteiger partial charge in [-0.1, -0.05) is 72.8 Å². The fourth-order valence-corrected chi connectivity index (χ4v) is 6.27. The Labute approximate surface area is 197 Å². The van der Waals surface area contributed by atoms with Gasteiger partial charge in [-0.15, -0.1) is 0 Å². The third-order valence-electron chi connectivity index (χ3n) is 7.58. The Morgan fingerprint density at radius 1 is 0.618 bits per heavy atom. The van der Waals surface area contributed by atoms with Crippen molar-refractivity contribution in [1.29, 1.82) is 0 Å². The maximum absolute atomic E-state index is 4.46. The van der Waals surface area contributed by atoms with E-state index in [1.54, 1.807) is 0 Å². The van der Waals surface area contributed by atoms with Crippen LogP contribution in [0.15, 0.2) is 103 Å². The van der Waals surface area contributed by atoms with Gasteiger partial charge in [0, 0.05) is 50.7 Å². The predicted octanol–water partition coefficient (Wildman–Crippen LogP) is 5.56. The first-order chi connectivity index (χ1) is 16.8. The molecular weight excluding hydrogens is 413 g/mol. The number of pyridine rings is 1.